The molecule has 0 radical (unpaired) electrons. The molecule has 1 aliphatic carbocycles. The van der Waals surface area contributed by atoms with Gasteiger partial charge in [0.15, 0.2) is 0 Å². The van der Waals surface area contributed by atoms with Crippen molar-refractivity contribution in [3.8, 4) is 11.8 Å². The minimum atomic E-state index is -0.419. The number of halogens is 1. The molecule has 1 aromatic heterocycles. The van der Waals surface area contributed by atoms with Crippen molar-refractivity contribution >= 4 is 22.3 Å². The van der Waals surface area contributed by atoms with E-state index in [9.17, 15) is 9.65 Å². The van der Waals surface area contributed by atoms with Crippen molar-refractivity contribution in [1.82, 2.24) is 10.3 Å². The second-order valence-electron chi connectivity index (χ2n) is 10.4. The van der Waals surface area contributed by atoms with Crippen molar-refractivity contribution in [2.75, 3.05) is 24.3 Å². The van der Waals surface area contributed by atoms with Crippen LogP contribution < -0.4 is 26.4 Å². The van der Waals surface area contributed by atoms with Gasteiger partial charge >= 0.3 is 0 Å². The molecule has 7 nitrogen and oxygen atoms in total. The summed E-state index contributed by atoms with van der Waals surface area (Å²) in [5.41, 5.74) is 10.4. The molecular formula is C28H33FN6O. The van der Waals surface area contributed by atoms with Crippen LogP contribution in [0.5, 0.6) is 5.75 Å². The monoisotopic (exact) mass is 488 g/mol. The van der Waals surface area contributed by atoms with E-state index in [1.165, 1.54) is 12.1 Å². The number of pyridine rings is 1. The number of anilines is 2. The Bertz CT molecular complexity index is 1300. The largest absolute Gasteiger partial charge is 0.494 e. The number of rotatable bonds is 9. The van der Waals surface area contributed by atoms with Crippen molar-refractivity contribution in [2.24, 2.45) is 11.1 Å². The second kappa shape index (κ2) is 10.3. The van der Waals surface area contributed by atoms with E-state index < -0.39 is 6.04 Å². The molecule has 3 aromatic rings. The predicted molar refractivity (Wildman–Crippen MR) is 142 cm³/mol. The van der Waals surface area contributed by atoms with E-state index in [0.29, 0.717) is 40.8 Å². The molecule has 4 rings (SSSR count). The van der Waals surface area contributed by atoms with Crippen molar-refractivity contribution in [1.29, 1.82) is 5.26 Å². The molecule has 0 amide bonds. The Labute approximate surface area is 211 Å². The molecule has 1 fully saturated rings. The number of nitrogens with two attached hydrogens (primary N) is 1. The number of fused-ring (bicyclic) bond motifs is 1. The highest BCUT2D eigenvalue weighted by atomic mass is 19.1. The average molecular weight is 489 g/mol. The van der Waals surface area contributed by atoms with Crippen LogP contribution in [0.25, 0.3) is 10.9 Å². The summed E-state index contributed by atoms with van der Waals surface area (Å²) < 4.78 is 19.3. The van der Waals surface area contributed by atoms with Gasteiger partial charge < -0.3 is 26.4 Å². The zero-order valence-electron chi connectivity index (χ0n) is 21.2. The fraction of sp³-hybridized carbons (Fsp3) is 0.357. The summed E-state index contributed by atoms with van der Waals surface area (Å²) in [5, 5.41) is 20.8. The lowest BCUT2D eigenvalue weighted by molar-refractivity contribution is 0.419. The highest BCUT2D eigenvalue weighted by molar-refractivity contribution is 5.99. The van der Waals surface area contributed by atoms with Gasteiger partial charge in [-0.1, -0.05) is 32.9 Å². The van der Waals surface area contributed by atoms with Crippen molar-refractivity contribution in [3.63, 3.8) is 0 Å². The average Bonchev–Trinajstić information content (AvgIpc) is 3.68. The maximum Gasteiger partial charge on any atom is 0.147 e. The van der Waals surface area contributed by atoms with Gasteiger partial charge in [0.2, 0.25) is 0 Å². The molecule has 5 N–H and O–H groups in total. The predicted octanol–water partition coefficient (Wildman–Crippen LogP) is 5.42. The lowest BCUT2D eigenvalue weighted by Crippen LogP contribution is -2.22. The van der Waals surface area contributed by atoms with Crippen LogP contribution >= 0.6 is 0 Å². The van der Waals surface area contributed by atoms with E-state index in [2.05, 4.69) is 47.8 Å². The van der Waals surface area contributed by atoms with Crippen LogP contribution in [-0.2, 0) is 0 Å². The van der Waals surface area contributed by atoms with E-state index in [1.807, 2.05) is 18.3 Å². The summed E-state index contributed by atoms with van der Waals surface area (Å²) in [6.07, 6.45) is 5.63. The van der Waals surface area contributed by atoms with Crippen LogP contribution in [-0.4, -0.2) is 24.7 Å². The molecule has 8 heteroatoms. The lowest BCUT2D eigenvalue weighted by atomic mass is 9.96. The molecule has 0 aliphatic heterocycles. The van der Waals surface area contributed by atoms with Gasteiger partial charge in [0, 0.05) is 42.1 Å². The first kappa shape index (κ1) is 25.1. The van der Waals surface area contributed by atoms with Gasteiger partial charge in [0.05, 0.1) is 30.1 Å². The van der Waals surface area contributed by atoms with E-state index >= 15 is 0 Å². The van der Waals surface area contributed by atoms with Crippen LogP contribution in [0.2, 0.25) is 0 Å². The number of ether oxygens (including phenoxy) is 1. The summed E-state index contributed by atoms with van der Waals surface area (Å²) >= 11 is 0. The quantitative estimate of drug-likeness (QED) is 0.319. The first-order valence-corrected chi connectivity index (χ1v) is 12.1. The third kappa shape index (κ3) is 5.98. The van der Waals surface area contributed by atoms with E-state index in [-0.39, 0.29) is 11.2 Å². The number of hydrogen-bond acceptors (Lipinski definition) is 7. The third-order valence-electron chi connectivity index (χ3n) is 5.98. The Kier molecular flexibility index (Phi) is 7.20. The van der Waals surface area contributed by atoms with Gasteiger partial charge in [-0.05, 0) is 42.0 Å². The molecule has 188 valence electrons. The van der Waals surface area contributed by atoms with Gasteiger partial charge in [-0.25, -0.2) is 4.39 Å². The van der Waals surface area contributed by atoms with Gasteiger partial charge in [-0.2, -0.15) is 5.26 Å². The Morgan fingerprint density at radius 1 is 1.28 bits per heavy atom. The number of nitrogens with zero attached hydrogens (tertiary/aromatic N) is 2. The van der Waals surface area contributed by atoms with E-state index in [4.69, 9.17) is 10.5 Å². The number of aromatic nitrogens is 1. The fourth-order valence-corrected chi connectivity index (χ4v) is 3.87. The minimum absolute atomic E-state index is 0.00372. The molecule has 1 unspecified atom stereocenters. The Balaban J connectivity index is 1.78. The Morgan fingerprint density at radius 2 is 2.00 bits per heavy atom. The van der Waals surface area contributed by atoms with Gasteiger partial charge in [-0.15, -0.1) is 0 Å². The van der Waals surface area contributed by atoms with Gasteiger partial charge in [-0.3, -0.25) is 4.98 Å². The normalized spacial score (nSPS) is 14.7. The zero-order valence-corrected chi connectivity index (χ0v) is 21.2. The molecule has 1 saturated carbocycles. The highest BCUT2D eigenvalue weighted by Gasteiger charge is 2.22. The van der Waals surface area contributed by atoms with Gasteiger partial charge in [0.25, 0.3) is 0 Å². The number of nitrogens with one attached hydrogen (secondary N) is 3. The van der Waals surface area contributed by atoms with Crippen LogP contribution in [0.4, 0.5) is 15.8 Å². The van der Waals surface area contributed by atoms with Crippen molar-refractivity contribution in [3.05, 3.63) is 71.4 Å². The molecule has 0 bridgehead atoms. The molecule has 1 aliphatic rings. The number of methoxy groups -OCH3 is 1. The molecule has 1 atom stereocenters. The topological polar surface area (TPSA) is 108 Å². The first-order chi connectivity index (χ1) is 17.2. The molecule has 2 aromatic carbocycles. The van der Waals surface area contributed by atoms with Crippen LogP contribution in [0.1, 0.15) is 50.8 Å². The van der Waals surface area contributed by atoms with E-state index in [1.54, 1.807) is 25.4 Å². The zero-order chi connectivity index (χ0) is 25.9. The third-order valence-corrected chi connectivity index (χ3v) is 5.98. The number of benzene rings is 2. The molecule has 36 heavy (non-hydrogen) atoms. The van der Waals surface area contributed by atoms with Crippen LogP contribution in [0.3, 0.4) is 0 Å². The molecule has 0 spiro atoms. The summed E-state index contributed by atoms with van der Waals surface area (Å²) in [6, 6.07) is 12.3. The summed E-state index contributed by atoms with van der Waals surface area (Å²) in [7, 11) is 1.59. The summed E-state index contributed by atoms with van der Waals surface area (Å²) in [5.74, 6) is 0.253. The van der Waals surface area contributed by atoms with Crippen LogP contribution in [0.15, 0.2) is 54.5 Å². The summed E-state index contributed by atoms with van der Waals surface area (Å²) in [6.45, 7) is 7.05. The molecule has 0 saturated heterocycles. The standard InChI is InChI=1S/C28H33FN6O/c1-28(2,3)16-34-25-18(13-30)14-33-27-22(25)11-21(12-24(27)36-4)35-26(17-5-7-19(29)8-6-17)23(31)15-32-20-9-10-20/h5-8,11-12,14-15,20,26,32,35H,9-10,16,31H2,1-4H3,(H,33,34)/b23-15-. The molecular weight excluding hydrogens is 455 g/mol. The van der Waals surface area contributed by atoms with Crippen LogP contribution in [0, 0.1) is 22.6 Å². The SMILES string of the molecule is COc1cc(NC(/C(N)=C/NC2CC2)c2ccc(F)cc2)cc2c(NCC(C)(C)C)c(C#N)cnc12. The van der Waals surface area contributed by atoms with Crippen molar-refractivity contribution < 1.29 is 9.13 Å². The lowest BCUT2D eigenvalue weighted by Gasteiger charge is -2.24. The minimum Gasteiger partial charge on any atom is -0.494 e. The maximum absolute atomic E-state index is 13.7. The first-order valence-electron chi connectivity index (χ1n) is 12.1. The maximum atomic E-state index is 13.7. The highest BCUT2D eigenvalue weighted by Crippen LogP contribution is 2.37. The molecule has 1 heterocycles. The Hall–Kier alpha value is -3.99. The number of nitriles is 1. The smallest absolute Gasteiger partial charge is 0.147 e. The number of hydrogen-bond donors (Lipinski definition) is 4. The Morgan fingerprint density at radius 3 is 2.61 bits per heavy atom. The van der Waals surface area contributed by atoms with Gasteiger partial charge in [0.1, 0.15) is 23.2 Å². The van der Waals surface area contributed by atoms with E-state index in [0.717, 1.165) is 29.5 Å². The van der Waals surface area contributed by atoms with Crippen molar-refractivity contribution in [2.45, 2.75) is 45.7 Å². The fourth-order valence-electron chi connectivity index (χ4n) is 3.87. The summed E-state index contributed by atoms with van der Waals surface area (Å²) in [4.78, 5) is 4.50. The second-order valence-corrected chi connectivity index (χ2v) is 10.4.